The molecule has 0 aliphatic rings. The number of nitrogens with two attached hydrogens (primary N) is 1. The molecule has 1 heterocycles. The molecule has 0 unspecified atom stereocenters. The summed E-state index contributed by atoms with van der Waals surface area (Å²) in [5, 5.41) is 4.27. The minimum Gasteiger partial charge on any atom is -0.326 e. The molecule has 1 aromatic heterocycles. The maximum absolute atomic E-state index is 11.9. The second-order valence-electron chi connectivity index (χ2n) is 3.66. The quantitative estimate of drug-likeness (QED) is 0.918. The van der Waals surface area contributed by atoms with Crippen LogP contribution in [0.25, 0.3) is 5.69 Å². The molecule has 0 fully saturated rings. The van der Waals surface area contributed by atoms with Gasteiger partial charge in [0, 0.05) is 17.1 Å². The standard InChI is InChI=1S/C12H12BrN3O/c1-8-9(7-14)6-12(17)16(15-8)11-5-3-2-4-10(11)13/h2-6H,7,14H2,1H3. The lowest BCUT2D eigenvalue weighted by molar-refractivity contribution is 0.764. The van der Waals surface area contributed by atoms with Gasteiger partial charge in [-0.15, -0.1) is 0 Å². The van der Waals surface area contributed by atoms with Gasteiger partial charge in [0.15, 0.2) is 0 Å². The summed E-state index contributed by atoms with van der Waals surface area (Å²) in [5.41, 5.74) is 7.63. The number of benzene rings is 1. The van der Waals surface area contributed by atoms with E-state index < -0.39 is 0 Å². The molecule has 2 aromatic rings. The van der Waals surface area contributed by atoms with Crippen LogP contribution in [0.4, 0.5) is 0 Å². The van der Waals surface area contributed by atoms with Crippen molar-refractivity contribution in [1.29, 1.82) is 0 Å². The summed E-state index contributed by atoms with van der Waals surface area (Å²) in [6.45, 7) is 2.17. The van der Waals surface area contributed by atoms with Crippen LogP contribution in [0.15, 0.2) is 39.6 Å². The van der Waals surface area contributed by atoms with E-state index in [0.717, 1.165) is 21.4 Å². The van der Waals surface area contributed by atoms with E-state index in [1.165, 1.54) is 10.7 Å². The molecule has 2 rings (SSSR count). The van der Waals surface area contributed by atoms with E-state index in [-0.39, 0.29) is 5.56 Å². The molecule has 0 saturated carbocycles. The lowest BCUT2D eigenvalue weighted by Crippen LogP contribution is -2.23. The summed E-state index contributed by atoms with van der Waals surface area (Å²) in [7, 11) is 0. The monoisotopic (exact) mass is 293 g/mol. The van der Waals surface area contributed by atoms with Crippen molar-refractivity contribution in [2.75, 3.05) is 0 Å². The molecule has 4 nitrogen and oxygen atoms in total. The zero-order valence-corrected chi connectivity index (χ0v) is 10.9. The molecule has 5 heteroatoms. The van der Waals surface area contributed by atoms with Crippen LogP contribution in [0.2, 0.25) is 0 Å². The molecule has 0 aliphatic carbocycles. The van der Waals surface area contributed by atoms with Gasteiger partial charge in [0.2, 0.25) is 0 Å². The van der Waals surface area contributed by atoms with Crippen molar-refractivity contribution in [2.24, 2.45) is 5.73 Å². The Bertz CT molecular complexity index is 607. The molecular formula is C12H12BrN3O. The summed E-state index contributed by atoms with van der Waals surface area (Å²) in [4.78, 5) is 11.9. The molecule has 0 atom stereocenters. The van der Waals surface area contributed by atoms with E-state index >= 15 is 0 Å². The van der Waals surface area contributed by atoms with Crippen LogP contribution >= 0.6 is 15.9 Å². The number of para-hydroxylation sites is 1. The van der Waals surface area contributed by atoms with Crippen LogP contribution in [0.1, 0.15) is 11.3 Å². The van der Waals surface area contributed by atoms with Gasteiger partial charge in [-0.1, -0.05) is 12.1 Å². The highest BCUT2D eigenvalue weighted by atomic mass is 79.9. The van der Waals surface area contributed by atoms with Crippen LogP contribution in [-0.4, -0.2) is 9.78 Å². The minimum absolute atomic E-state index is 0.178. The Balaban J connectivity index is 2.66. The van der Waals surface area contributed by atoms with Crippen LogP contribution < -0.4 is 11.3 Å². The number of aromatic nitrogens is 2. The fourth-order valence-corrected chi connectivity index (χ4v) is 2.03. The summed E-state index contributed by atoms with van der Waals surface area (Å²) in [5.74, 6) is 0. The highest BCUT2D eigenvalue weighted by Gasteiger charge is 2.08. The predicted molar refractivity (Wildman–Crippen MR) is 70.2 cm³/mol. The fourth-order valence-electron chi connectivity index (χ4n) is 1.58. The second kappa shape index (κ2) is 4.81. The van der Waals surface area contributed by atoms with Crippen molar-refractivity contribution < 1.29 is 0 Å². The summed E-state index contributed by atoms with van der Waals surface area (Å²) < 4.78 is 2.20. The van der Waals surface area contributed by atoms with Crippen molar-refractivity contribution in [3.8, 4) is 5.69 Å². The highest BCUT2D eigenvalue weighted by molar-refractivity contribution is 9.10. The van der Waals surface area contributed by atoms with Gasteiger partial charge in [-0.2, -0.15) is 9.78 Å². The molecule has 0 spiro atoms. The maximum atomic E-state index is 11.9. The van der Waals surface area contributed by atoms with E-state index in [1.807, 2.05) is 31.2 Å². The lowest BCUT2D eigenvalue weighted by atomic mass is 10.2. The molecule has 1 aromatic carbocycles. The Hall–Kier alpha value is -1.46. The zero-order chi connectivity index (χ0) is 12.4. The van der Waals surface area contributed by atoms with Crippen LogP contribution in [-0.2, 0) is 6.54 Å². The van der Waals surface area contributed by atoms with Crippen LogP contribution in [0.5, 0.6) is 0 Å². The Morgan fingerprint density at radius 3 is 2.76 bits per heavy atom. The molecular weight excluding hydrogens is 282 g/mol. The number of hydrogen-bond acceptors (Lipinski definition) is 3. The molecule has 0 bridgehead atoms. The average Bonchev–Trinajstić information content (AvgIpc) is 2.32. The van der Waals surface area contributed by atoms with Gasteiger partial charge in [-0.25, -0.2) is 0 Å². The molecule has 0 aliphatic heterocycles. The van der Waals surface area contributed by atoms with Crippen molar-refractivity contribution in [1.82, 2.24) is 9.78 Å². The first kappa shape index (κ1) is 12.0. The third kappa shape index (κ3) is 2.30. The normalized spacial score (nSPS) is 10.5. The Kier molecular flexibility index (Phi) is 3.40. The van der Waals surface area contributed by atoms with E-state index in [0.29, 0.717) is 6.54 Å². The minimum atomic E-state index is -0.178. The van der Waals surface area contributed by atoms with Crippen molar-refractivity contribution in [3.63, 3.8) is 0 Å². The Labute approximate surface area is 107 Å². The second-order valence-corrected chi connectivity index (χ2v) is 4.51. The summed E-state index contributed by atoms with van der Waals surface area (Å²) in [6, 6.07) is 8.98. The predicted octanol–water partition coefficient (Wildman–Crippen LogP) is 1.76. The number of aryl methyl sites for hydroxylation is 1. The van der Waals surface area contributed by atoms with E-state index in [2.05, 4.69) is 21.0 Å². The Morgan fingerprint density at radius 1 is 1.41 bits per heavy atom. The molecule has 2 N–H and O–H groups in total. The van der Waals surface area contributed by atoms with Crippen molar-refractivity contribution in [3.05, 3.63) is 56.4 Å². The summed E-state index contributed by atoms with van der Waals surface area (Å²) >= 11 is 3.40. The number of rotatable bonds is 2. The first-order valence-corrected chi connectivity index (χ1v) is 5.97. The molecule has 0 amide bonds. The SMILES string of the molecule is Cc1nn(-c2ccccc2Br)c(=O)cc1CN. The van der Waals surface area contributed by atoms with Crippen LogP contribution in [0.3, 0.4) is 0 Å². The Morgan fingerprint density at radius 2 is 2.12 bits per heavy atom. The number of nitrogens with zero attached hydrogens (tertiary/aromatic N) is 2. The third-order valence-electron chi connectivity index (χ3n) is 2.52. The maximum Gasteiger partial charge on any atom is 0.271 e. The first-order valence-electron chi connectivity index (χ1n) is 5.18. The zero-order valence-electron chi connectivity index (χ0n) is 9.35. The van der Waals surface area contributed by atoms with Gasteiger partial charge in [-0.05, 0) is 40.5 Å². The lowest BCUT2D eigenvalue weighted by Gasteiger charge is -2.09. The topological polar surface area (TPSA) is 60.9 Å². The van der Waals surface area contributed by atoms with Gasteiger partial charge in [-0.3, -0.25) is 4.79 Å². The molecule has 0 saturated heterocycles. The van der Waals surface area contributed by atoms with Crippen LogP contribution in [0, 0.1) is 6.92 Å². The van der Waals surface area contributed by atoms with Gasteiger partial charge in [0.25, 0.3) is 5.56 Å². The van der Waals surface area contributed by atoms with E-state index in [1.54, 1.807) is 0 Å². The number of hydrogen-bond donors (Lipinski definition) is 1. The third-order valence-corrected chi connectivity index (χ3v) is 3.19. The van der Waals surface area contributed by atoms with Gasteiger partial charge in [0.05, 0.1) is 11.4 Å². The molecule has 0 radical (unpaired) electrons. The van der Waals surface area contributed by atoms with Gasteiger partial charge >= 0.3 is 0 Å². The summed E-state index contributed by atoms with van der Waals surface area (Å²) in [6.07, 6.45) is 0. The highest BCUT2D eigenvalue weighted by Crippen LogP contribution is 2.18. The van der Waals surface area contributed by atoms with E-state index in [9.17, 15) is 4.79 Å². The van der Waals surface area contributed by atoms with Crippen molar-refractivity contribution in [2.45, 2.75) is 13.5 Å². The smallest absolute Gasteiger partial charge is 0.271 e. The van der Waals surface area contributed by atoms with Gasteiger partial charge < -0.3 is 5.73 Å². The molecule has 88 valence electrons. The average molecular weight is 294 g/mol. The molecule has 17 heavy (non-hydrogen) atoms. The van der Waals surface area contributed by atoms with Gasteiger partial charge in [0.1, 0.15) is 0 Å². The van der Waals surface area contributed by atoms with E-state index in [4.69, 9.17) is 5.73 Å². The number of halogens is 1. The fraction of sp³-hybridized carbons (Fsp3) is 0.167. The first-order chi connectivity index (χ1) is 8.13. The van der Waals surface area contributed by atoms with Crippen molar-refractivity contribution >= 4 is 15.9 Å². The largest absolute Gasteiger partial charge is 0.326 e.